The summed E-state index contributed by atoms with van der Waals surface area (Å²) in [5.41, 5.74) is 5.56. The van der Waals surface area contributed by atoms with Crippen molar-refractivity contribution in [3.63, 3.8) is 0 Å². The lowest BCUT2D eigenvalue weighted by Gasteiger charge is -2.30. The van der Waals surface area contributed by atoms with E-state index >= 15 is 0 Å². The van der Waals surface area contributed by atoms with Crippen LogP contribution in [0.5, 0.6) is 0 Å². The first-order valence-electron chi connectivity index (χ1n) is 17.0. The second kappa shape index (κ2) is 15.4. The minimum absolute atomic E-state index is 0.0532. The Balaban J connectivity index is 0.973. The van der Waals surface area contributed by atoms with Crippen molar-refractivity contribution in [1.29, 1.82) is 0 Å². The molecule has 3 fully saturated rings. The van der Waals surface area contributed by atoms with Crippen LogP contribution < -0.4 is 4.90 Å². The average molecular weight is 641 g/mol. The summed E-state index contributed by atoms with van der Waals surface area (Å²) < 4.78 is 25.1. The van der Waals surface area contributed by atoms with Gasteiger partial charge in [0.15, 0.2) is 17.3 Å². The Bertz CT molecular complexity index is 1610. The molecule has 5 heterocycles. The lowest BCUT2D eigenvalue weighted by molar-refractivity contribution is -0.117. The zero-order valence-corrected chi connectivity index (χ0v) is 27.0. The van der Waals surface area contributed by atoms with Gasteiger partial charge in [-0.1, -0.05) is 48.5 Å². The van der Waals surface area contributed by atoms with E-state index < -0.39 is 0 Å². The first-order valence-corrected chi connectivity index (χ1v) is 17.0. The topological polar surface area (TPSA) is 104 Å². The third-order valence-corrected chi connectivity index (χ3v) is 9.15. The molecule has 1 unspecified atom stereocenters. The Morgan fingerprint density at radius 3 is 2.19 bits per heavy atom. The predicted molar refractivity (Wildman–Crippen MR) is 178 cm³/mol. The number of hydrogen-bond donors (Lipinski definition) is 0. The molecule has 7 rings (SSSR count). The third kappa shape index (κ3) is 8.05. The van der Waals surface area contributed by atoms with Gasteiger partial charge >= 0.3 is 0 Å². The van der Waals surface area contributed by atoms with Gasteiger partial charge in [-0.15, -0.1) is 0 Å². The third-order valence-electron chi connectivity index (χ3n) is 9.15. The minimum atomic E-state index is -0.0532. The van der Waals surface area contributed by atoms with E-state index in [1.165, 1.54) is 0 Å². The van der Waals surface area contributed by atoms with Crippen LogP contribution in [0.1, 0.15) is 42.2 Å². The summed E-state index contributed by atoms with van der Waals surface area (Å²) in [5.74, 6) is 1.66. The number of fused-ring (bicyclic) bond motifs is 1. The maximum Gasteiger partial charge on any atom is 0.183 e. The van der Waals surface area contributed by atoms with Crippen LogP contribution in [0.4, 0.5) is 5.82 Å². The van der Waals surface area contributed by atoms with Crippen molar-refractivity contribution in [2.24, 2.45) is 0 Å². The molecule has 11 heteroatoms. The number of Topliss-reactive ketones (excluding diaryl/α,β-unsaturated/α-hetero) is 1. The van der Waals surface area contributed by atoms with Gasteiger partial charge in [0.1, 0.15) is 17.5 Å². The van der Waals surface area contributed by atoms with Crippen LogP contribution in [-0.2, 0) is 43.2 Å². The highest BCUT2D eigenvalue weighted by Crippen LogP contribution is 2.33. The van der Waals surface area contributed by atoms with Crippen LogP contribution in [0.2, 0.25) is 0 Å². The molecule has 3 aliphatic heterocycles. The standard InChI is InChI=1S/C36H44N6O5/c43-31(23-27-4-6-29(7-5-27)25-46-20-14-40-12-18-44-19-13-40)24-28-8-10-30(11-9-28)34-38-35-33(36(39-34)41-15-21-45-22-16-41)42(26-37-35)32-3-1-2-17-47-32/h4-11,26,32H,1-3,12-25H2. The van der Waals surface area contributed by atoms with Gasteiger partial charge in [0.25, 0.3) is 0 Å². The molecule has 2 aromatic carbocycles. The van der Waals surface area contributed by atoms with E-state index in [2.05, 4.69) is 26.5 Å². The van der Waals surface area contributed by atoms with Gasteiger partial charge in [0, 0.05) is 57.7 Å². The summed E-state index contributed by atoms with van der Waals surface area (Å²) in [6.07, 6.45) is 5.72. The van der Waals surface area contributed by atoms with E-state index in [0.29, 0.717) is 50.7 Å². The largest absolute Gasteiger partial charge is 0.379 e. The Hall–Kier alpha value is -3.74. The van der Waals surface area contributed by atoms with E-state index in [-0.39, 0.29) is 12.0 Å². The number of hydrogen-bond acceptors (Lipinski definition) is 10. The highest BCUT2D eigenvalue weighted by Gasteiger charge is 2.25. The summed E-state index contributed by atoms with van der Waals surface area (Å²) in [4.78, 5) is 32.3. The number of anilines is 1. The average Bonchev–Trinajstić information content (AvgIpc) is 3.56. The lowest BCUT2D eigenvalue weighted by atomic mass is 10.0. The fraction of sp³-hybridized carbons (Fsp3) is 0.500. The second-order valence-corrected chi connectivity index (χ2v) is 12.5. The quantitative estimate of drug-likeness (QED) is 0.209. The molecule has 1 atom stereocenters. The zero-order valence-electron chi connectivity index (χ0n) is 27.0. The van der Waals surface area contributed by atoms with Crippen LogP contribution in [-0.4, -0.2) is 103 Å². The number of ether oxygens (including phenoxy) is 4. The molecule has 11 nitrogen and oxygen atoms in total. The highest BCUT2D eigenvalue weighted by molar-refractivity contribution is 5.86. The molecule has 47 heavy (non-hydrogen) atoms. The first kappa shape index (κ1) is 31.8. The van der Waals surface area contributed by atoms with E-state index in [1.54, 1.807) is 0 Å². The molecular formula is C36H44N6O5. The maximum absolute atomic E-state index is 13.0. The molecule has 3 aliphatic rings. The molecular weight excluding hydrogens is 596 g/mol. The number of aromatic nitrogens is 4. The van der Waals surface area contributed by atoms with Gasteiger partial charge < -0.3 is 23.8 Å². The van der Waals surface area contributed by atoms with Crippen molar-refractivity contribution in [1.82, 2.24) is 24.4 Å². The fourth-order valence-electron chi connectivity index (χ4n) is 6.46. The van der Waals surface area contributed by atoms with Gasteiger partial charge in [-0.25, -0.2) is 15.0 Å². The molecule has 0 spiro atoms. The number of benzene rings is 2. The van der Waals surface area contributed by atoms with Crippen LogP contribution >= 0.6 is 0 Å². The van der Waals surface area contributed by atoms with Crippen LogP contribution in [0, 0.1) is 0 Å². The van der Waals surface area contributed by atoms with Crippen molar-refractivity contribution >= 4 is 22.8 Å². The minimum Gasteiger partial charge on any atom is -0.379 e. The second-order valence-electron chi connectivity index (χ2n) is 12.5. The molecule has 0 radical (unpaired) electrons. The van der Waals surface area contributed by atoms with Gasteiger partial charge in [-0.2, -0.15) is 0 Å². The highest BCUT2D eigenvalue weighted by atomic mass is 16.5. The number of carbonyl (C=O) groups is 1. The summed E-state index contributed by atoms with van der Waals surface area (Å²) in [5, 5.41) is 0. The molecule has 248 valence electrons. The number of rotatable bonds is 12. The molecule has 0 N–H and O–H groups in total. The number of imidazole rings is 1. The molecule has 0 bridgehead atoms. The zero-order chi connectivity index (χ0) is 31.8. The number of nitrogens with zero attached hydrogens (tertiary/aromatic N) is 6. The van der Waals surface area contributed by atoms with Crippen molar-refractivity contribution < 1.29 is 23.7 Å². The lowest BCUT2D eigenvalue weighted by Crippen LogP contribution is -2.38. The van der Waals surface area contributed by atoms with E-state index in [1.807, 2.05) is 42.7 Å². The Labute approximate surface area is 275 Å². The summed E-state index contributed by atoms with van der Waals surface area (Å²) in [7, 11) is 0. The smallest absolute Gasteiger partial charge is 0.183 e. The monoisotopic (exact) mass is 640 g/mol. The van der Waals surface area contributed by atoms with Crippen LogP contribution in [0.15, 0.2) is 54.9 Å². The predicted octanol–water partition coefficient (Wildman–Crippen LogP) is 4.23. The normalized spacial score (nSPS) is 19.3. The Morgan fingerprint density at radius 1 is 0.809 bits per heavy atom. The van der Waals surface area contributed by atoms with Crippen molar-refractivity contribution in [3.8, 4) is 11.4 Å². The fourth-order valence-corrected chi connectivity index (χ4v) is 6.46. The summed E-state index contributed by atoms with van der Waals surface area (Å²) in [6.45, 7) is 9.35. The molecule has 3 saturated heterocycles. The number of carbonyl (C=O) groups excluding carboxylic acids is 1. The van der Waals surface area contributed by atoms with Gasteiger partial charge in [0.05, 0.1) is 46.0 Å². The van der Waals surface area contributed by atoms with Gasteiger partial charge in [0.2, 0.25) is 0 Å². The van der Waals surface area contributed by atoms with Gasteiger partial charge in [-0.3, -0.25) is 14.3 Å². The van der Waals surface area contributed by atoms with Crippen molar-refractivity contribution in [2.75, 3.05) is 77.3 Å². The SMILES string of the molecule is O=C(Cc1ccc(COCCN2CCOCC2)cc1)Cc1ccc(-c2nc(N3CCOCC3)c3c(ncn3C3CCCCO3)n2)cc1. The number of morpholine rings is 2. The van der Waals surface area contributed by atoms with E-state index in [4.69, 9.17) is 33.9 Å². The number of ketones is 1. The molecule has 0 amide bonds. The van der Waals surface area contributed by atoms with Gasteiger partial charge in [-0.05, 0) is 36.0 Å². The molecule has 2 aromatic heterocycles. The Morgan fingerprint density at radius 2 is 1.49 bits per heavy atom. The summed E-state index contributed by atoms with van der Waals surface area (Å²) in [6, 6.07) is 16.2. The maximum atomic E-state index is 13.0. The molecule has 0 saturated carbocycles. The Kier molecular flexibility index (Phi) is 10.5. The van der Waals surface area contributed by atoms with Crippen LogP contribution in [0.25, 0.3) is 22.6 Å². The molecule has 0 aliphatic carbocycles. The van der Waals surface area contributed by atoms with Crippen molar-refractivity contribution in [3.05, 3.63) is 71.5 Å². The van der Waals surface area contributed by atoms with E-state index in [0.717, 1.165) is 105 Å². The van der Waals surface area contributed by atoms with Crippen LogP contribution in [0.3, 0.4) is 0 Å². The van der Waals surface area contributed by atoms with Crippen molar-refractivity contribution in [2.45, 2.75) is 44.9 Å². The van der Waals surface area contributed by atoms with E-state index in [9.17, 15) is 4.79 Å². The molecule has 4 aromatic rings. The first-order chi connectivity index (χ1) is 23.2. The summed E-state index contributed by atoms with van der Waals surface area (Å²) >= 11 is 0.